The fourth-order valence-electron chi connectivity index (χ4n) is 7.82. The van der Waals surface area contributed by atoms with Gasteiger partial charge in [0.1, 0.15) is 6.10 Å². The largest absolute Gasteiger partial charge is 0.462 e. The van der Waals surface area contributed by atoms with Gasteiger partial charge in [0.25, 0.3) is 0 Å². The third-order valence-corrected chi connectivity index (χ3v) is 11.9. The Morgan fingerprint density at radius 3 is 1.36 bits per heavy atom. The maximum Gasteiger partial charge on any atom is 0.306 e. The Labute approximate surface area is 395 Å². The number of aliphatic hydroxyl groups is 2. The van der Waals surface area contributed by atoms with Crippen LogP contribution in [0.4, 0.5) is 0 Å². The molecule has 0 fully saturated rings. The van der Waals surface area contributed by atoms with Crippen LogP contribution in [0.3, 0.4) is 0 Å². The standard InChI is InChI=1S/C58H101NO5/c1-4-7-10-13-16-19-22-25-27-29-31-33-36-39-42-45-48-51-58(63)64-54(49-46-43-40-37-34-24-21-18-15-12-9-6-3)52-57(62)59-55(53-60)56(61)50-47-44-41-38-35-32-30-28-26-23-20-17-14-11-8-5-2/h7,10,13,16,19,22,25,27,29,31,33,36-37,40,54-56,60-61H,4-6,8-9,11-12,14-15,17-18,20-21,23-24,26,28,30,32,34-35,38-39,41-53H2,1-3H3,(H,59,62)/b10-7-,16-13+,22-19+,27-25-,31-29+,36-33+,40-37-. The molecule has 0 spiro atoms. The number of ether oxygens (including phenoxy) is 1. The number of amides is 1. The van der Waals surface area contributed by atoms with Crippen LogP contribution in [0.5, 0.6) is 0 Å². The van der Waals surface area contributed by atoms with Gasteiger partial charge in [-0.25, -0.2) is 0 Å². The molecular formula is C58H101NO5. The summed E-state index contributed by atoms with van der Waals surface area (Å²) < 4.78 is 5.90. The van der Waals surface area contributed by atoms with Crippen LogP contribution in [-0.2, 0) is 14.3 Å². The average molecular weight is 892 g/mol. The molecule has 368 valence electrons. The second-order valence-corrected chi connectivity index (χ2v) is 18.0. The monoisotopic (exact) mass is 892 g/mol. The molecule has 64 heavy (non-hydrogen) atoms. The van der Waals surface area contributed by atoms with Crippen LogP contribution in [-0.4, -0.2) is 46.9 Å². The lowest BCUT2D eigenvalue weighted by molar-refractivity contribution is -0.151. The summed E-state index contributed by atoms with van der Waals surface area (Å²) in [6.07, 6.45) is 66.4. The second kappa shape index (κ2) is 51.0. The van der Waals surface area contributed by atoms with Crippen molar-refractivity contribution in [1.82, 2.24) is 5.32 Å². The Bertz CT molecular complexity index is 1230. The molecule has 0 aromatic carbocycles. The van der Waals surface area contributed by atoms with Gasteiger partial charge in [0, 0.05) is 6.42 Å². The Balaban J connectivity index is 4.64. The van der Waals surface area contributed by atoms with Crippen LogP contribution >= 0.6 is 0 Å². The van der Waals surface area contributed by atoms with E-state index in [9.17, 15) is 19.8 Å². The van der Waals surface area contributed by atoms with Crippen LogP contribution in [0, 0.1) is 0 Å². The summed E-state index contributed by atoms with van der Waals surface area (Å²) in [4.78, 5) is 26.2. The zero-order chi connectivity index (χ0) is 46.7. The van der Waals surface area contributed by atoms with E-state index in [4.69, 9.17) is 4.74 Å². The molecule has 0 aromatic heterocycles. The van der Waals surface area contributed by atoms with E-state index in [1.165, 1.54) is 128 Å². The van der Waals surface area contributed by atoms with Gasteiger partial charge < -0.3 is 20.3 Å². The number of allylic oxidation sites excluding steroid dienone is 14. The SMILES string of the molecule is CC\C=C/C=C/C=C/C=C\C=C\C=C\CCCCCC(=O)OC(CCC/C=C\CCCCCCCCC)CC(=O)NC(CO)C(O)CCCCCCCCCCCCCCCCCC. The lowest BCUT2D eigenvalue weighted by atomic mass is 10.0. The Hall–Kier alpha value is -2.96. The predicted molar refractivity (Wildman–Crippen MR) is 278 cm³/mol. The summed E-state index contributed by atoms with van der Waals surface area (Å²) >= 11 is 0. The van der Waals surface area contributed by atoms with Crippen LogP contribution in [0.15, 0.2) is 85.1 Å². The number of rotatable bonds is 47. The van der Waals surface area contributed by atoms with E-state index in [0.717, 1.165) is 70.6 Å². The number of hydrogen-bond donors (Lipinski definition) is 3. The number of esters is 1. The molecule has 0 saturated heterocycles. The first-order valence-corrected chi connectivity index (χ1v) is 26.9. The van der Waals surface area contributed by atoms with Gasteiger partial charge >= 0.3 is 5.97 Å². The molecule has 0 saturated carbocycles. The van der Waals surface area contributed by atoms with Gasteiger partial charge in [0.2, 0.25) is 5.91 Å². The molecule has 0 aliphatic heterocycles. The molecule has 0 aromatic rings. The summed E-state index contributed by atoms with van der Waals surface area (Å²) in [5, 5.41) is 23.8. The lowest BCUT2D eigenvalue weighted by Crippen LogP contribution is -2.46. The molecule has 0 aliphatic rings. The Morgan fingerprint density at radius 2 is 0.875 bits per heavy atom. The summed E-state index contributed by atoms with van der Waals surface area (Å²) in [7, 11) is 0. The smallest absolute Gasteiger partial charge is 0.306 e. The van der Waals surface area contributed by atoms with Gasteiger partial charge in [-0.15, -0.1) is 0 Å². The molecule has 0 rings (SSSR count). The van der Waals surface area contributed by atoms with E-state index >= 15 is 0 Å². The van der Waals surface area contributed by atoms with Crippen molar-refractivity contribution in [3.8, 4) is 0 Å². The molecule has 0 aliphatic carbocycles. The van der Waals surface area contributed by atoms with Gasteiger partial charge in [-0.3, -0.25) is 9.59 Å². The minimum Gasteiger partial charge on any atom is -0.462 e. The zero-order valence-corrected chi connectivity index (χ0v) is 41.9. The number of unbranched alkanes of at least 4 members (excludes halogenated alkanes) is 26. The molecular weight excluding hydrogens is 791 g/mol. The van der Waals surface area contributed by atoms with Gasteiger partial charge in [-0.2, -0.15) is 0 Å². The topological polar surface area (TPSA) is 95.9 Å². The molecule has 3 unspecified atom stereocenters. The molecule has 1 amide bonds. The fourth-order valence-corrected chi connectivity index (χ4v) is 7.82. The minimum absolute atomic E-state index is 0.0350. The normalized spacial score (nSPS) is 13.9. The molecule has 0 bridgehead atoms. The van der Waals surface area contributed by atoms with Crippen LogP contribution in [0.25, 0.3) is 0 Å². The predicted octanol–water partition coefficient (Wildman–Crippen LogP) is 16.3. The maximum atomic E-state index is 13.2. The molecule has 6 heteroatoms. The molecule has 0 heterocycles. The number of nitrogens with one attached hydrogen (secondary N) is 1. The van der Waals surface area contributed by atoms with Crippen LogP contribution in [0.2, 0.25) is 0 Å². The maximum absolute atomic E-state index is 13.2. The molecule has 3 atom stereocenters. The first kappa shape index (κ1) is 61.0. The Morgan fingerprint density at radius 1 is 0.469 bits per heavy atom. The first-order chi connectivity index (χ1) is 31.5. The highest BCUT2D eigenvalue weighted by Crippen LogP contribution is 2.17. The highest BCUT2D eigenvalue weighted by atomic mass is 16.5. The van der Waals surface area contributed by atoms with E-state index < -0.39 is 18.2 Å². The van der Waals surface area contributed by atoms with Gasteiger partial charge in [-0.1, -0.05) is 254 Å². The number of carbonyl (C=O) groups excluding carboxylic acids is 2. The third-order valence-electron chi connectivity index (χ3n) is 11.9. The van der Waals surface area contributed by atoms with E-state index in [1.807, 2.05) is 54.7 Å². The van der Waals surface area contributed by atoms with Crippen molar-refractivity contribution < 1.29 is 24.5 Å². The van der Waals surface area contributed by atoms with E-state index in [0.29, 0.717) is 19.3 Å². The van der Waals surface area contributed by atoms with E-state index in [1.54, 1.807) is 0 Å². The van der Waals surface area contributed by atoms with Crippen molar-refractivity contribution >= 4 is 11.9 Å². The summed E-state index contributed by atoms with van der Waals surface area (Å²) in [6.45, 7) is 6.32. The first-order valence-electron chi connectivity index (χ1n) is 26.9. The van der Waals surface area contributed by atoms with E-state index in [-0.39, 0.29) is 24.9 Å². The average Bonchev–Trinajstić information content (AvgIpc) is 3.29. The van der Waals surface area contributed by atoms with Crippen molar-refractivity contribution in [3.63, 3.8) is 0 Å². The van der Waals surface area contributed by atoms with Gasteiger partial charge in [0.15, 0.2) is 0 Å². The molecule has 0 radical (unpaired) electrons. The van der Waals surface area contributed by atoms with Crippen molar-refractivity contribution in [2.75, 3.05) is 6.61 Å². The lowest BCUT2D eigenvalue weighted by Gasteiger charge is -2.24. The van der Waals surface area contributed by atoms with Crippen molar-refractivity contribution in [1.29, 1.82) is 0 Å². The van der Waals surface area contributed by atoms with Crippen molar-refractivity contribution in [2.24, 2.45) is 0 Å². The van der Waals surface area contributed by atoms with Gasteiger partial charge in [0.05, 0.1) is 25.2 Å². The molecule has 6 nitrogen and oxygen atoms in total. The summed E-state index contributed by atoms with van der Waals surface area (Å²) in [6, 6.07) is -0.724. The molecule has 3 N–H and O–H groups in total. The van der Waals surface area contributed by atoms with Crippen molar-refractivity contribution in [3.05, 3.63) is 85.1 Å². The zero-order valence-electron chi connectivity index (χ0n) is 41.9. The summed E-state index contributed by atoms with van der Waals surface area (Å²) in [5.74, 6) is -0.556. The van der Waals surface area contributed by atoms with Crippen LogP contribution in [0.1, 0.15) is 245 Å². The van der Waals surface area contributed by atoms with Crippen molar-refractivity contribution in [2.45, 2.75) is 264 Å². The fraction of sp³-hybridized carbons (Fsp3) is 0.724. The highest BCUT2D eigenvalue weighted by Gasteiger charge is 2.24. The van der Waals surface area contributed by atoms with Gasteiger partial charge in [-0.05, 0) is 64.2 Å². The van der Waals surface area contributed by atoms with E-state index in [2.05, 4.69) is 56.5 Å². The quantitative estimate of drug-likeness (QED) is 0.0245. The summed E-state index contributed by atoms with van der Waals surface area (Å²) in [5.41, 5.74) is 0. The van der Waals surface area contributed by atoms with Crippen LogP contribution < -0.4 is 5.32 Å². The number of aliphatic hydroxyl groups excluding tert-OH is 2. The number of carbonyl (C=O) groups is 2. The third kappa shape index (κ3) is 45.6. The number of hydrogen-bond acceptors (Lipinski definition) is 5. The minimum atomic E-state index is -0.806. The highest BCUT2D eigenvalue weighted by molar-refractivity contribution is 5.77. The second-order valence-electron chi connectivity index (χ2n) is 18.0. The Kier molecular flexibility index (Phi) is 48.7.